The van der Waals surface area contributed by atoms with Crippen LogP contribution in [0.15, 0.2) is 71.6 Å². The summed E-state index contributed by atoms with van der Waals surface area (Å²) in [5, 5.41) is 3.14. The fourth-order valence-corrected chi connectivity index (χ4v) is 4.99. The van der Waals surface area contributed by atoms with Crippen molar-refractivity contribution in [3.63, 3.8) is 0 Å². The molecule has 0 aliphatic carbocycles. The van der Waals surface area contributed by atoms with E-state index < -0.39 is 23.6 Å². The van der Waals surface area contributed by atoms with Crippen LogP contribution in [0.25, 0.3) is 6.08 Å². The molecule has 0 atom stereocenters. The highest BCUT2D eigenvalue weighted by molar-refractivity contribution is 14.1. The SMILES string of the molecule is O=C(CN1C(=O)S/C(=C/c2ccc(OCc3ccc(Cl)cc3)c(I)c2)C1=O)Nc1ccccc1Cl. The number of hydrogen-bond acceptors (Lipinski definition) is 5. The van der Waals surface area contributed by atoms with Crippen LogP contribution >= 0.6 is 57.6 Å². The zero-order valence-corrected chi connectivity index (χ0v) is 22.5. The smallest absolute Gasteiger partial charge is 0.294 e. The van der Waals surface area contributed by atoms with Gasteiger partial charge in [-0.15, -0.1) is 0 Å². The van der Waals surface area contributed by atoms with Gasteiger partial charge in [0.1, 0.15) is 18.9 Å². The van der Waals surface area contributed by atoms with Gasteiger partial charge >= 0.3 is 0 Å². The third-order valence-corrected chi connectivity index (χ3v) is 7.22. The summed E-state index contributed by atoms with van der Waals surface area (Å²) in [6, 6.07) is 19.6. The molecule has 1 N–H and O–H groups in total. The number of imide groups is 1. The highest BCUT2D eigenvalue weighted by atomic mass is 127. The van der Waals surface area contributed by atoms with Crippen molar-refractivity contribution in [1.82, 2.24) is 4.90 Å². The molecule has 35 heavy (non-hydrogen) atoms. The van der Waals surface area contributed by atoms with Gasteiger partial charge in [-0.2, -0.15) is 0 Å². The van der Waals surface area contributed by atoms with Crippen LogP contribution in [0.3, 0.4) is 0 Å². The van der Waals surface area contributed by atoms with E-state index in [0.717, 1.165) is 31.4 Å². The van der Waals surface area contributed by atoms with E-state index in [1.165, 1.54) is 0 Å². The first kappa shape index (κ1) is 25.6. The molecule has 3 amide bonds. The van der Waals surface area contributed by atoms with Crippen molar-refractivity contribution in [2.45, 2.75) is 6.61 Å². The van der Waals surface area contributed by atoms with E-state index in [1.54, 1.807) is 36.4 Å². The second-order valence-corrected chi connectivity index (χ2v) is 10.4. The highest BCUT2D eigenvalue weighted by Crippen LogP contribution is 2.33. The predicted octanol–water partition coefficient (Wildman–Crippen LogP) is 6.85. The van der Waals surface area contributed by atoms with Crippen molar-refractivity contribution in [1.29, 1.82) is 0 Å². The number of carbonyl (C=O) groups is 3. The van der Waals surface area contributed by atoms with Gasteiger partial charge in [0.15, 0.2) is 0 Å². The molecule has 1 fully saturated rings. The average molecular weight is 639 g/mol. The van der Waals surface area contributed by atoms with Gasteiger partial charge in [-0.3, -0.25) is 19.3 Å². The standard InChI is InChI=1S/C25H17Cl2IN2O4S/c26-17-8-5-15(6-9-17)14-34-21-10-7-16(11-19(21)28)12-22-24(32)30(25(33)35-22)13-23(31)29-20-4-2-1-3-18(20)27/h1-12H,13-14H2,(H,29,31)/b22-12+. The summed E-state index contributed by atoms with van der Waals surface area (Å²) >= 11 is 14.9. The lowest BCUT2D eigenvalue weighted by atomic mass is 10.2. The van der Waals surface area contributed by atoms with Crippen molar-refractivity contribution >= 4 is 86.4 Å². The zero-order chi connectivity index (χ0) is 24.9. The van der Waals surface area contributed by atoms with Crippen molar-refractivity contribution in [2.24, 2.45) is 0 Å². The second kappa shape index (κ2) is 11.5. The first-order chi connectivity index (χ1) is 16.8. The van der Waals surface area contributed by atoms with Gasteiger partial charge in [0.05, 0.1) is 19.2 Å². The molecular formula is C25H17Cl2IN2O4S. The maximum Gasteiger partial charge on any atom is 0.294 e. The largest absolute Gasteiger partial charge is 0.488 e. The summed E-state index contributed by atoms with van der Waals surface area (Å²) in [6.45, 7) is -0.0100. The lowest BCUT2D eigenvalue weighted by molar-refractivity contribution is -0.127. The van der Waals surface area contributed by atoms with Gasteiger partial charge in [0.25, 0.3) is 11.1 Å². The number of rotatable bonds is 7. The monoisotopic (exact) mass is 638 g/mol. The Morgan fingerprint density at radius 1 is 1.06 bits per heavy atom. The molecule has 3 aromatic carbocycles. The van der Waals surface area contributed by atoms with Crippen molar-refractivity contribution in [2.75, 3.05) is 11.9 Å². The van der Waals surface area contributed by atoms with Gasteiger partial charge in [0, 0.05) is 5.02 Å². The van der Waals surface area contributed by atoms with Crippen LogP contribution in [0, 0.1) is 3.57 Å². The van der Waals surface area contributed by atoms with E-state index in [-0.39, 0.29) is 4.91 Å². The quantitative estimate of drug-likeness (QED) is 0.226. The third-order valence-electron chi connectivity index (χ3n) is 4.88. The molecule has 1 heterocycles. The molecule has 3 aromatic rings. The summed E-state index contributed by atoms with van der Waals surface area (Å²) in [5.74, 6) is -0.340. The fourth-order valence-electron chi connectivity index (χ4n) is 3.15. The average Bonchev–Trinajstić information content (AvgIpc) is 3.08. The number of benzene rings is 3. The molecule has 0 spiro atoms. The van der Waals surface area contributed by atoms with E-state index in [0.29, 0.717) is 28.1 Å². The molecule has 1 aliphatic rings. The lowest BCUT2D eigenvalue weighted by Crippen LogP contribution is -2.36. The van der Waals surface area contributed by atoms with Crippen LogP contribution in [0.4, 0.5) is 10.5 Å². The zero-order valence-electron chi connectivity index (χ0n) is 18.0. The molecule has 1 aliphatic heterocycles. The molecular weight excluding hydrogens is 622 g/mol. The molecule has 10 heteroatoms. The van der Waals surface area contributed by atoms with E-state index in [4.69, 9.17) is 27.9 Å². The van der Waals surface area contributed by atoms with Gasteiger partial charge in [-0.05, 0) is 88.0 Å². The molecule has 0 radical (unpaired) electrons. The number of amides is 3. The first-order valence-electron chi connectivity index (χ1n) is 10.3. The minimum Gasteiger partial charge on any atom is -0.488 e. The van der Waals surface area contributed by atoms with Crippen LogP contribution in [0.2, 0.25) is 10.0 Å². The van der Waals surface area contributed by atoms with Crippen molar-refractivity contribution in [3.05, 3.63) is 96.4 Å². The van der Waals surface area contributed by atoms with Gasteiger partial charge in [-0.1, -0.05) is 53.5 Å². The van der Waals surface area contributed by atoms with Gasteiger partial charge in [-0.25, -0.2) is 0 Å². The Kier molecular flexibility index (Phi) is 8.38. The molecule has 0 bridgehead atoms. The fraction of sp³-hybridized carbons (Fsp3) is 0.0800. The minimum atomic E-state index is -0.521. The molecule has 4 rings (SSSR count). The summed E-state index contributed by atoms with van der Waals surface area (Å²) in [6.07, 6.45) is 1.63. The molecule has 1 saturated heterocycles. The van der Waals surface area contributed by atoms with E-state index in [2.05, 4.69) is 27.9 Å². The van der Waals surface area contributed by atoms with Crippen LogP contribution in [-0.4, -0.2) is 28.5 Å². The Morgan fingerprint density at radius 2 is 1.80 bits per heavy atom. The maximum atomic E-state index is 12.8. The number of para-hydroxylation sites is 1. The predicted molar refractivity (Wildman–Crippen MR) is 148 cm³/mol. The van der Waals surface area contributed by atoms with Gasteiger partial charge in [0.2, 0.25) is 5.91 Å². The summed E-state index contributed by atoms with van der Waals surface area (Å²) in [7, 11) is 0. The van der Waals surface area contributed by atoms with Crippen LogP contribution in [-0.2, 0) is 16.2 Å². The van der Waals surface area contributed by atoms with E-state index in [1.807, 2.05) is 36.4 Å². The number of nitrogens with zero attached hydrogens (tertiary/aromatic N) is 1. The van der Waals surface area contributed by atoms with Gasteiger partial charge < -0.3 is 10.1 Å². The molecule has 178 valence electrons. The number of nitrogens with one attached hydrogen (secondary N) is 1. The Hall–Kier alpha value is -2.53. The first-order valence-corrected chi connectivity index (χ1v) is 12.9. The molecule has 0 saturated carbocycles. The van der Waals surface area contributed by atoms with E-state index in [9.17, 15) is 14.4 Å². The Labute approximate surface area is 229 Å². The number of hydrogen-bond donors (Lipinski definition) is 1. The summed E-state index contributed by atoms with van der Waals surface area (Å²) in [4.78, 5) is 38.7. The van der Waals surface area contributed by atoms with Crippen molar-refractivity contribution in [3.8, 4) is 5.75 Å². The number of carbonyl (C=O) groups excluding carboxylic acids is 3. The summed E-state index contributed by atoms with van der Waals surface area (Å²) in [5.41, 5.74) is 2.13. The molecule has 0 aromatic heterocycles. The molecule has 0 unspecified atom stereocenters. The number of halogens is 3. The molecule has 6 nitrogen and oxygen atoms in total. The summed E-state index contributed by atoms with van der Waals surface area (Å²) < 4.78 is 6.73. The second-order valence-electron chi connectivity index (χ2n) is 7.40. The normalized spacial score (nSPS) is 14.5. The Bertz CT molecular complexity index is 1330. The van der Waals surface area contributed by atoms with Crippen LogP contribution in [0.5, 0.6) is 5.75 Å². The minimum absolute atomic E-state index is 0.242. The van der Waals surface area contributed by atoms with Crippen molar-refractivity contribution < 1.29 is 19.1 Å². The Morgan fingerprint density at radius 3 is 2.51 bits per heavy atom. The number of anilines is 1. The third kappa shape index (κ3) is 6.58. The van der Waals surface area contributed by atoms with E-state index >= 15 is 0 Å². The lowest BCUT2D eigenvalue weighted by Gasteiger charge is -2.13. The number of thioether (sulfide) groups is 1. The maximum absolute atomic E-state index is 12.8. The van der Waals surface area contributed by atoms with Crippen LogP contribution < -0.4 is 10.1 Å². The van der Waals surface area contributed by atoms with Crippen LogP contribution in [0.1, 0.15) is 11.1 Å². The highest BCUT2D eigenvalue weighted by Gasteiger charge is 2.36. The topological polar surface area (TPSA) is 75.7 Å². The number of ether oxygens (including phenoxy) is 1. The Balaban J connectivity index is 1.40.